The molecule has 0 atom stereocenters. The van der Waals surface area contributed by atoms with Crippen molar-refractivity contribution in [2.24, 2.45) is 4.99 Å². The van der Waals surface area contributed by atoms with Crippen LogP contribution >= 0.6 is 34.7 Å². The van der Waals surface area contributed by atoms with Crippen LogP contribution in [0.3, 0.4) is 0 Å². The lowest BCUT2D eigenvalue weighted by Crippen LogP contribution is -2.30. The van der Waals surface area contributed by atoms with Crippen LogP contribution in [0.1, 0.15) is 27.7 Å². The Kier molecular flexibility index (Phi) is 7.33. The minimum atomic E-state index is -0.271. The third-order valence-corrected chi connectivity index (χ3v) is 7.12. The van der Waals surface area contributed by atoms with E-state index in [1.165, 1.54) is 40.7 Å². The van der Waals surface area contributed by atoms with Crippen LogP contribution in [-0.4, -0.2) is 29.7 Å². The second-order valence-electron chi connectivity index (χ2n) is 7.16. The molecule has 4 rings (SSSR count). The molecule has 33 heavy (non-hydrogen) atoms. The van der Waals surface area contributed by atoms with E-state index >= 15 is 0 Å². The van der Waals surface area contributed by atoms with Gasteiger partial charge in [-0.2, -0.15) is 0 Å². The summed E-state index contributed by atoms with van der Waals surface area (Å²) < 4.78 is 5.23. The molecule has 168 valence electrons. The number of aryl methyl sites for hydroxylation is 1. The molecule has 2 heterocycles. The summed E-state index contributed by atoms with van der Waals surface area (Å²) in [6.07, 6.45) is 2.67. The van der Waals surface area contributed by atoms with Gasteiger partial charge in [-0.05, 0) is 47.7 Å². The van der Waals surface area contributed by atoms with Crippen LogP contribution in [-0.2, 0) is 11.2 Å². The molecule has 0 spiro atoms. The molecule has 3 aromatic rings. The van der Waals surface area contributed by atoms with Gasteiger partial charge in [0.2, 0.25) is 0 Å². The second-order valence-corrected chi connectivity index (χ2v) is 9.49. The molecule has 0 bridgehead atoms. The van der Waals surface area contributed by atoms with Gasteiger partial charge < -0.3 is 4.74 Å². The standard InChI is InChI=1S/C25H21ClN2O3S2/c1-3-16-6-8-17(9-7-16)22(29)15-33-25-27-21(14-19-5-4-12-32-19)24(30)28(25)18-10-11-23(31-2)20(26)13-18/h4-14H,3,15H2,1-2H3. The van der Waals surface area contributed by atoms with Crippen LogP contribution in [0.15, 0.2) is 70.7 Å². The van der Waals surface area contributed by atoms with Gasteiger partial charge in [0.15, 0.2) is 11.0 Å². The summed E-state index contributed by atoms with van der Waals surface area (Å²) in [5.74, 6) is 0.371. The highest BCUT2D eigenvalue weighted by Crippen LogP contribution is 2.34. The van der Waals surface area contributed by atoms with Crippen molar-refractivity contribution >= 4 is 63.3 Å². The molecule has 2 aromatic carbocycles. The van der Waals surface area contributed by atoms with Gasteiger partial charge in [-0.1, -0.05) is 60.6 Å². The number of Topliss-reactive ketones (excluding diaryl/α,β-unsaturated/α-hetero) is 1. The van der Waals surface area contributed by atoms with E-state index in [0.717, 1.165) is 11.3 Å². The molecule has 0 radical (unpaired) electrons. The summed E-state index contributed by atoms with van der Waals surface area (Å²) in [6, 6.07) is 16.5. The van der Waals surface area contributed by atoms with Crippen LogP contribution in [0, 0.1) is 0 Å². The first-order valence-electron chi connectivity index (χ1n) is 10.3. The summed E-state index contributed by atoms with van der Waals surface area (Å²) in [4.78, 5) is 33.0. The Hall–Kier alpha value is -2.87. The highest BCUT2D eigenvalue weighted by molar-refractivity contribution is 8.14. The van der Waals surface area contributed by atoms with Gasteiger partial charge in [-0.15, -0.1) is 11.3 Å². The first kappa shape index (κ1) is 23.3. The predicted molar refractivity (Wildman–Crippen MR) is 138 cm³/mol. The second kappa shape index (κ2) is 10.4. The van der Waals surface area contributed by atoms with Gasteiger partial charge in [0, 0.05) is 10.4 Å². The minimum absolute atomic E-state index is 0.0267. The van der Waals surface area contributed by atoms with Crippen LogP contribution in [0.25, 0.3) is 6.08 Å². The number of benzene rings is 2. The number of ether oxygens (including phenoxy) is 1. The van der Waals surface area contributed by atoms with Gasteiger partial charge in [-0.3, -0.25) is 14.5 Å². The predicted octanol–water partition coefficient (Wildman–Crippen LogP) is 6.33. The maximum absolute atomic E-state index is 13.3. The zero-order chi connectivity index (χ0) is 23.4. The largest absolute Gasteiger partial charge is 0.495 e. The molecule has 1 aliphatic heterocycles. The number of methoxy groups -OCH3 is 1. The molecule has 8 heteroatoms. The molecule has 0 saturated carbocycles. The Morgan fingerprint density at radius 3 is 2.64 bits per heavy atom. The first-order chi connectivity index (χ1) is 16.0. The zero-order valence-corrected chi connectivity index (χ0v) is 20.5. The molecule has 0 aliphatic carbocycles. The monoisotopic (exact) mass is 496 g/mol. The van der Waals surface area contributed by atoms with E-state index in [9.17, 15) is 9.59 Å². The van der Waals surface area contributed by atoms with E-state index < -0.39 is 0 Å². The van der Waals surface area contributed by atoms with E-state index in [0.29, 0.717) is 32.9 Å². The number of thioether (sulfide) groups is 1. The van der Waals surface area contributed by atoms with Gasteiger partial charge in [0.05, 0.1) is 23.6 Å². The molecule has 1 aliphatic rings. The SMILES string of the molecule is CCc1ccc(C(=O)CSC2=NC(=Cc3cccs3)C(=O)N2c2ccc(OC)c(Cl)c2)cc1. The average molecular weight is 497 g/mol. The molecule has 5 nitrogen and oxygen atoms in total. The summed E-state index contributed by atoms with van der Waals surface area (Å²) in [7, 11) is 1.53. The number of rotatable bonds is 7. The van der Waals surface area contributed by atoms with E-state index in [1.54, 1.807) is 24.3 Å². The van der Waals surface area contributed by atoms with Gasteiger partial charge in [0.25, 0.3) is 5.91 Å². The van der Waals surface area contributed by atoms with Gasteiger partial charge >= 0.3 is 0 Å². The lowest BCUT2D eigenvalue weighted by Gasteiger charge is -2.18. The van der Waals surface area contributed by atoms with E-state index in [1.807, 2.05) is 41.8 Å². The lowest BCUT2D eigenvalue weighted by molar-refractivity contribution is -0.113. The van der Waals surface area contributed by atoms with Crippen molar-refractivity contribution in [3.63, 3.8) is 0 Å². The van der Waals surface area contributed by atoms with E-state index in [2.05, 4.69) is 11.9 Å². The summed E-state index contributed by atoms with van der Waals surface area (Å²) >= 11 is 9.06. The Bertz CT molecular complexity index is 1240. The number of carbonyl (C=O) groups excluding carboxylic acids is 2. The van der Waals surface area contributed by atoms with Crippen LogP contribution in [0.5, 0.6) is 5.75 Å². The third-order valence-electron chi connectivity index (χ3n) is 5.06. The molecular formula is C25H21ClN2O3S2. The summed E-state index contributed by atoms with van der Waals surface area (Å²) in [5.41, 5.74) is 2.69. The highest BCUT2D eigenvalue weighted by atomic mass is 35.5. The fourth-order valence-electron chi connectivity index (χ4n) is 3.26. The van der Waals surface area contributed by atoms with Crippen molar-refractivity contribution in [2.75, 3.05) is 17.8 Å². The summed E-state index contributed by atoms with van der Waals surface area (Å²) in [5, 5.41) is 2.76. The van der Waals surface area contributed by atoms with Crippen molar-refractivity contribution < 1.29 is 14.3 Å². The average Bonchev–Trinajstić information content (AvgIpc) is 3.45. The molecular weight excluding hydrogens is 476 g/mol. The van der Waals surface area contributed by atoms with Crippen molar-refractivity contribution in [3.8, 4) is 5.75 Å². The number of thiophene rings is 1. The van der Waals surface area contributed by atoms with Crippen LogP contribution in [0.2, 0.25) is 5.02 Å². The van der Waals surface area contributed by atoms with Gasteiger partial charge in [-0.25, -0.2) is 4.99 Å². The molecule has 0 fully saturated rings. The number of carbonyl (C=O) groups is 2. The minimum Gasteiger partial charge on any atom is -0.495 e. The number of halogens is 1. The number of amidine groups is 1. The summed E-state index contributed by atoms with van der Waals surface area (Å²) in [6.45, 7) is 2.07. The molecule has 0 unspecified atom stereocenters. The lowest BCUT2D eigenvalue weighted by atomic mass is 10.1. The fourth-order valence-corrected chi connectivity index (χ4v) is 5.07. The quantitative estimate of drug-likeness (QED) is 0.283. The van der Waals surface area contributed by atoms with E-state index in [-0.39, 0.29) is 17.4 Å². The van der Waals surface area contributed by atoms with Crippen LogP contribution in [0.4, 0.5) is 5.69 Å². The van der Waals surface area contributed by atoms with Crippen molar-refractivity contribution in [2.45, 2.75) is 13.3 Å². The maximum Gasteiger partial charge on any atom is 0.283 e. The number of nitrogens with zero attached hydrogens (tertiary/aromatic N) is 2. The fraction of sp³-hybridized carbons (Fsp3) is 0.160. The smallest absolute Gasteiger partial charge is 0.283 e. The Morgan fingerprint density at radius 2 is 2.00 bits per heavy atom. The van der Waals surface area contributed by atoms with Gasteiger partial charge in [0.1, 0.15) is 11.4 Å². The number of amides is 1. The topological polar surface area (TPSA) is 59.0 Å². The Labute approximate surface area is 205 Å². The Morgan fingerprint density at radius 1 is 1.21 bits per heavy atom. The number of anilines is 1. The van der Waals surface area contributed by atoms with Crippen molar-refractivity contribution in [3.05, 3.63) is 86.7 Å². The maximum atomic E-state index is 13.3. The molecule has 1 aromatic heterocycles. The zero-order valence-electron chi connectivity index (χ0n) is 18.1. The molecule has 0 saturated heterocycles. The number of aliphatic imine (C=N–C) groups is 1. The molecule has 1 amide bonds. The number of hydrogen-bond acceptors (Lipinski definition) is 6. The normalized spacial score (nSPS) is 14.6. The number of ketones is 1. The number of hydrogen-bond donors (Lipinski definition) is 0. The highest BCUT2D eigenvalue weighted by Gasteiger charge is 2.33. The molecule has 0 N–H and O–H groups in total. The third kappa shape index (κ3) is 5.21. The van der Waals surface area contributed by atoms with Crippen molar-refractivity contribution in [1.82, 2.24) is 0 Å². The van der Waals surface area contributed by atoms with E-state index in [4.69, 9.17) is 16.3 Å². The van der Waals surface area contributed by atoms with Crippen molar-refractivity contribution in [1.29, 1.82) is 0 Å². The van der Waals surface area contributed by atoms with Crippen LogP contribution < -0.4 is 9.64 Å². The first-order valence-corrected chi connectivity index (χ1v) is 12.5. The Balaban J connectivity index is 1.61.